The van der Waals surface area contributed by atoms with E-state index >= 15 is 0 Å². The predicted octanol–water partition coefficient (Wildman–Crippen LogP) is 1.55. The Balaban J connectivity index is 0.00000300. The Labute approximate surface area is 188 Å². The fraction of sp³-hybridized carbons (Fsp3) is 0. The zero-order valence-electron chi connectivity index (χ0n) is 15.2. The van der Waals surface area contributed by atoms with Crippen molar-refractivity contribution < 1.29 is 52.7 Å². The largest absolute Gasteiger partial charge is 1.00 e. The van der Waals surface area contributed by atoms with E-state index in [1.54, 1.807) is 30.3 Å². The Morgan fingerprint density at radius 1 is 0.759 bits per heavy atom. The van der Waals surface area contributed by atoms with Crippen molar-refractivity contribution in [2.45, 2.75) is 4.90 Å². The number of azo groups is 2. The molecule has 0 saturated heterocycles. The number of phenols is 1. The van der Waals surface area contributed by atoms with Gasteiger partial charge in [0.25, 0.3) is 10.1 Å². The van der Waals surface area contributed by atoms with E-state index < -0.39 is 21.6 Å². The van der Waals surface area contributed by atoms with E-state index in [1.807, 2.05) is 0 Å². The van der Waals surface area contributed by atoms with E-state index in [-0.39, 0.29) is 51.5 Å². The summed E-state index contributed by atoms with van der Waals surface area (Å²) in [7, 11) is -4.30. The average molecular weight is 420 g/mol. The third kappa shape index (κ3) is 5.92. The molecule has 3 rings (SSSR count). The first-order valence-corrected chi connectivity index (χ1v) is 9.27. The van der Waals surface area contributed by atoms with Crippen LogP contribution in [0.25, 0.3) is 0 Å². The number of hydrogen-bond donors (Lipinski definition) is 2. The molecule has 0 saturated carbocycles. The molecule has 29 heavy (non-hydrogen) atoms. The molecule has 9 nitrogen and oxygen atoms in total. The quantitative estimate of drug-likeness (QED) is 0.365. The summed E-state index contributed by atoms with van der Waals surface area (Å²) in [5, 5.41) is 37.6. The van der Waals surface area contributed by atoms with E-state index in [0.717, 1.165) is 12.1 Å². The van der Waals surface area contributed by atoms with Crippen LogP contribution in [0.3, 0.4) is 0 Å². The van der Waals surface area contributed by atoms with E-state index in [9.17, 15) is 18.6 Å². The van der Waals surface area contributed by atoms with Crippen molar-refractivity contribution in [3.63, 3.8) is 0 Å². The van der Waals surface area contributed by atoms with Crippen molar-refractivity contribution in [1.82, 2.24) is 0 Å². The van der Waals surface area contributed by atoms with Crippen molar-refractivity contribution in [3.8, 4) is 11.5 Å². The van der Waals surface area contributed by atoms with Gasteiger partial charge in [0.15, 0.2) is 5.75 Å². The van der Waals surface area contributed by atoms with Crippen LogP contribution in [0.5, 0.6) is 11.5 Å². The molecule has 0 fully saturated rings. The SMILES string of the molecule is O=S(=O)(O)c1ccc(N=Nc2ccc([O-])c(N=Nc3ccccc3)c2O)cc1.[Na+]. The first kappa shape index (κ1) is 22.7. The number of phenolic OH excluding ortho intramolecular Hbond substituents is 1. The van der Waals surface area contributed by atoms with Gasteiger partial charge in [-0.1, -0.05) is 30.0 Å². The molecule has 0 aliphatic carbocycles. The minimum Gasteiger partial charge on any atom is -0.871 e. The molecule has 0 unspecified atom stereocenters. The fourth-order valence-corrected chi connectivity index (χ4v) is 2.61. The standard InChI is InChI=1S/C18H14N4O5S.Na/c23-16-11-10-15(18(24)17(16)22-20-12-4-2-1-3-5-12)21-19-13-6-8-14(9-7-13)28(25,26)27;/h1-11,23-24H,(H,25,26,27);/q;+1/p-1. The molecule has 0 radical (unpaired) electrons. The maximum atomic E-state index is 12.0. The van der Waals surface area contributed by atoms with E-state index in [1.165, 1.54) is 24.3 Å². The summed E-state index contributed by atoms with van der Waals surface area (Å²) < 4.78 is 31.0. The molecule has 0 amide bonds. The van der Waals surface area contributed by atoms with Crippen LogP contribution >= 0.6 is 0 Å². The second kappa shape index (κ2) is 9.72. The summed E-state index contributed by atoms with van der Waals surface area (Å²) in [4.78, 5) is -0.284. The minimum absolute atomic E-state index is 0. The normalized spacial score (nSPS) is 11.6. The van der Waals surface area contributed by atoms with Gasteiger partial charge in [0.05, 0.1) is 16.3 Å². The van der Waals surface area contributed by atoms with Crippen LogP contribution in [0, 0.1) is 0 Å². The Kier molecular flexibility index (Phi) is 7.59. The third-order valence-electron chi connectivity index (χ3n) is 3.52. The number of hydrogen-bond acceptors (Lipinski definition) is 8. The van der Waals surface area contributed by atoms with Gasteiger partial charge in [-0.3, -0.25) is 4.55 Å². The smallest absolute Gasteiger partial charge is 0.871 e. The zero-order chi connectivity index (χ0) is 20.1. The first-order chi connectivity index (χ1) is 13.3. The van der Waals surface area contributed by atoms with Crippen LogP contribution in [0.15, 0.2) is 92.1 Å². The second-order valence-corrected chi connectivity index (χ2v) is 6.91. The molecule has 0 atom stereocenters. The molecule has 2 N–H and O–H groups in total. The van der Waals surface area contributed by atoms with Gasteiger partial charge in [0.2, 0.25) is 0 Å². The summed E-state index contributed by atoms with van der Waals surface area (Å²) in [5.41, 5.74) is 0.486. The molecule has 0 spiro atoms. The number of benzene rings is 3. The summed E-state index contributed by atoms with van der Waals surface area (Å²) in [6.45, 7) is 0. The molecule has 3 aromatic carbocycles. The van der Waals surface area contributed by atoms with Crippen molar-refractivity contribution in [1.29, 1.82) is 0 Å². The van der Waals surface area contributed by atoms with Crippen molar-refractivity contribution in [3.05, 3.63) is 66.7 Å². The zero-order valence-corrected chi connectivity index (χ0v) is 18.0. The van der Waals surface area contributed by atoms with Gasteiger partial charge >= 0.3 is 29.6 Å². The second-order valence-electron chi connectivity index (χ2n) is 5.48. The Bertz CT molecular complexity index is 1150. The van der Waals surface area contributed by atoms with Crippen LogP contribution in [-0.4, -0.2) is 18.1 Å². The molecule has 0 aromatic heterocycles. The molecular weight excluding hydrogens is 407 g/mol. The summed E-state index contributed by atoms with van der Waals surface area (Å²) in [5.74, 6) is -1.01. The third-order valence-corrected chi connectivity index (χ3v) is 4.39. The molecule has 0 aliphatic heterocycles. The van der Waals surface area contributed by atoms with Gasteiger partial charge in [-0.2, -0.15) is 18.6 Å². The minimum atomic E-state index is -4.30. The number of aromatic hydroxyl groups is 1. The number of nitrogens with zero attached hydrogens (tertiary/aromatic N) is 4. The summed E-state index contributed by atoms with van der Waals surface area (Å²) in [6.07, 6.45) is 0. The summed E-state index contributed by atoms with van der Waals surface area (Å²) >= 11 is 0. The fourth-order valence-electron chi connectivity index (χ4n) is 2.13. The maximum Gasteiger partial charge on any atom is 1.00 e. The predicted molar refractivity (Wildman–Crippen MR) is 98.6 cm³/mol. The van der Waals surface area contributed by atoms with Gasteiger partial charge in [-0.15, -0.1) is 10.2 Å². The molecule has 0 bridgehead atoms. The van der Waals surface area contributed by atoms with Gasteiger partial charge < -0.3 is 10.2 Å². The van der Waals surface area contributed by atoms with Crippen LogP contribution in [0.1, 0.15) is 0 Å². The first-order valence-electron chi connectivity index (χ1n) is 7.83. The molecule has 3 aromatic rings. The van der Waals surface area contributed by atoms with Gasteiger partial charge in [-0.25, -0.2) is 0 Å². The Morgan fingerprint density at radius 3 is 1.97 bits per heavy atom. The maximum absolute atomic E-state index is 12.0. The topological polar surface area (TPSA) is 147 Å². The van der Waals surface area contributed by atoms with Crippen molar-refractivity contribution in [2.24, 2.45) is 20.5 Å². The number of rotatable bonds is 5. The van der Waals surface area contributed by atoms with Crippen LogP contribution in [0.2, 0.25) is 0 Å². The van der Waals surface area contributed by atoms with Crippen molar-refractivity contribution in [2.75, 3.05) is 0 Å². The summed E-state index contributed by atoms with van der Waals surface area (Å²) in [6, 6.07) is 16.1. The molecule has 0 aliphatic rings. The molecule has 142 valence electrons. The van der Waals surface area contributed by atoms with Gasteiger partial charge in [-0.05, 0) is 42.5 Å². The van der Waals surface area contributed by atoms with Crippen LogP contribution in [0.4, 0.5) is 22.7 Å². The van der Waals surface area contributed by atoms with E-state index in [4.69, 9.17) is 4.55 Å². The van der Waals surface area contributed by atoms with E-state index in [2.05, 4.69) is 20.5 Å². The Morgan fingerprint density at radius 2 is 1.34 bits per heavy atom. The van der Waals surface area contributed by atoms with Crippen LogP contribution in [-0.2, 0) is 10.1 Å². The molecule has 0 heterocycles. The van der Waals surface area contributed by atoms with Crippen molar-refractivity contribution >= 4 is 32.9 Å². The monoisotopic (exact) mass is 420 g/mol. The molecular formula is C18H13N4NaO5S. The van der Waals surface area contributed by atoms with Crippen LogP contribution < -0.4 is 34.7 Å². The average Bonchev–Trinajstić information content (AvgIpc) is 2.68. The van der Waals surface area contributed by atoms with Gasteiger partial charge in [0, 0.05) is 0 Å². The molecule has 11 heteroatoms. The Hall–Kier alpha value is -2.63. The van der Waals surface area contributed by atoms with Gasteiger partial charge in [0.1, 0.15) is 11.4 Å². The van der Waals surface area contributed by atoms with E-state index in [0.29, 0.717) is 5.69 Å².